The summed E-state index contributed by atoms with van der Waals surface area (Å²) in [5.41, 5.74) is 1.90. The van der Waals surface area contributed by atoms with Crippen molar-refractivity contribution in [1.29, 1.82) is 0 Å². The Morgan fingerprint density at radius 3 is 2.19 bits per heavy atom. The topological polar surface area (TPSA) is 32.8 Å². The first kappa shape index (κ1) is 19.2. The largest absolute Gasteiger partial charge is 0.457 e. The van der Waals surface area contributed by atoms with E-state index in [0.29, 0.717) is 13.1 Å². The molecule has 1 amide bonds. The van der Waals surface area contributed by atoms with Crippen molar-refractivity contribution in [2.75, 3.05) is 31.1 Å². The van der Waals surface area contributed by atoms with E-state index in [0.717, 1.165) is 46.6 Å². The van der Waals surface area contributed by atoms with Gasteiger partial charge in [0.1, 0.15) is 11.5 Å². The number of carbonyl (C=O) groups excluding carboxylic acids is 1. The lowest BCUT2D eigenvalue weighted by atomic mass is 10.0. The Morgan fingerprint density at radius 2 is 1.35 bits per heavy atom. The van der Waals surface area contributed by atoms with Crippen molar-refractivity contribution in [3.8, 4) is 11.5 Å². The number of rotatable bonds is 4. The van der Waals surface area contributed by atoms with Crippen LogP contribution in [0.3, 0.4) is 0 Å². The third kappa shape index (κ3) is 4.10. The summed E-state index contributed by atoms with van der Waals surface area (Å²) in [7, 11) is 0. The number of piperazine rings is 1. The molecule has 1 aliphatic heterocycles. The van der Waals surface area contributed by atoms with Crippen molar-refractivity contribution in [3.63, 3.8) is 0 Å². The lowest BCUT2D eigenvalue weighted by molar-refractivity contribution is 0.0748. The van der Waals surface area contributed by atoms with E-state index in [-0.39, 0.29) is 5.91 Å². The van der Waals surface area contributed by atoms with Gasteiger partial charge >= 0.3 is 0 Å². The molecule has 0 aromatic heterocycles. The monoisotopic (exact) mass is 408 g/mol. The molecule has 1 saturated heterocycles. The van der Waals surface area contributed by atoms with Crippen LogP contribution in [0.2, 0.25) is 0 Å². The lowest BCUT2D eigenvalue weighted by Crippen LogP contribution is -2.48. The first-order valence-electron chi connectivity index (χ1n) is 10.6. The van der Waals surface area contributed by atoms with E-state index in [4.69, 9.17) is 4.74 Å². The molecule has 0 bridgehead atoms. The van der Waals surface area contributed by atoms with Crippen molar-refractivity contribution in [3.05, 3.63) is 103 Å². The van der Waals surface area contributed by atoms with Crippen molar-refractivity contribution in [2.24, 2.45) is 0 Å². The molecule has 0 aliphatic carbocycles. The van der Waals surface area contributed by atoms with Crippen LogP contribution in [-0.4, -0.2) is 37.0 Å². The van der Waals surface area contributed by atoms with Gasteiger partial charge in [-0.2, -0.15) is 0 Å². The quantitative estimate of drug-likeness (QED) is 0.441. The molecule has 4 nitrogen and oxygen atoms in total. The van der Waals surface area contributed by atoms with Gasteiger partial charge in [-0.1, -0.05) is 60.7 Å². The molecular weight excluding hydrogens is 384 g/mol. The summed E-state index contributed by atoms with van der Waals surface area (Å²) in [5.74, 6) is 1.75. The molecule has 5 rings (SSSR count). The Balaban J connectivity index is 1.27. The predicted molar refractivity (Wildman–Crippen MR) is 125 cm³/mol. The van der Waals surface area contributed by atoms with Gasteiger partial charge in [0.2, 0.25) is 0 Å². The fraction of sp³-hybridized carbons (Fsp3) is 0.148. The van der Waals surface area contributed by atoms with E-state index in [1.165, 1.54) is 0 Å². The number of fused-ring (bicyclic) bond motifs is 1. The molecular formula is C27H24N2O2. The molecule has 154 valence electrons. The fourth-order valence-corrected chi connectivity index (χ4v) is 4.12. The minimum absolute atomic E-state index is 0.109. The summed E-state index contributed by atoms with van der Waals surface area (Å²) in [6.07, 6.45) is 0. The van der Waals surface area contributed by atoms with Crippen LogP contribution in [0.1, 0.15) is 10.4 Å². The molecule has 4 aromatic carbocycles. The molecule has 0 unspecified atom stereocenters. The minimum atomic E-state index is 0.109. The summed E-state index contributed by atoms with van der Waals surface area (Å²) in [5, 5.41) is 2.12. The van der Waals surface area contributed by atoms with Gasteiger partial charge in [-0.05, 0) is 41.1 Å². The second-order valence-corrected chi connectivity index (χ2v) is 7.72. The molecule has 4 aromatic rings. The van der Waals surface area contributed by atoms with Crippen LogP contribution in [-0.2, 0) is 0 Å². The first-order chi connectivity index (χ1) is 15.3. The summed E-state index contributed by atoms with van der Waals surface area (Å²) < 4.78 is 5.98. The van der Waals surface area contributed by atoms with Gasteiger partial charge in [-0.3, -0.25) is 4.79 Å². The Kier molecular flexibility index (Phi) is 5.28. The van der Waals surface area contributed by atoms with Crippen LogP contribution in [0, 0.1) is 0 Å². The molecule has 0 atom stereocenters. The van der Waals surface area contributed by atoms with E-state index >= 15 is 0 Å². The van der Waals surface area contributed by atoms with E-state index in [2.05, 4.69) is 29.2 Å². The number of carbonyl (C=O) groups is 1. The number of benzene rings is 4. The van der Waals surface area contributed by atoms with Crippen LogP contribution >= 0.6 is 0 Å². The van der Waals surface area contributed by atoms with Gasteiger partial charge in [-0.25, -0.2) is 0 Å². The van der Waals surface area contributed by atoms with Crippen molar-refractivity contribution < 1.29 is 9.53 Å². The number of nitrogens with zero attached hydrogens (tertiary/aromatic N) is 2. The van der Waals surface area contributed by atoms with Gasteiger partial charge in [0.15, 0.2) is 0 Å². The van der Waals surface area contributed by atoms with Crippen molar-refractivity contribution in [1.82, 2.24) is 4.90 Å². The summed E-state index contributed by atoms with van der Waals surface area (Å²) in [6, 6.07) is 32.0. The highest BCUT2D eigenvalue weighted by Gasteiger charge is 2.23. The van der Waals surface area contributed by atoms with Crippen molar-refractivity contribution in [2.45, 2.75) is 0 Å². The maximum absolute atomic E-state index is 13.2. The number of anilines is 1. The summed E-state index contributed by atoms with van der Waals surface area (Å²) >= 11 is 0. The summed E-state index contributed by atoms with van der Waals surface area (Å²) in [6.45, 7) is 2.99. The van der Waals surface area contributed by atoms with Crippen LogP contribution in [0.15, 0.2) is 97.1 Å². The van der Waals surface area contributed by atoms with Crippen LogP contribution in [0.4, 0.5) is 5.69 Å². The van der Waals surface area contributed by atoms with Gasteiger partial charge in [0.25, 0.3) is 5.91 Å². The van der Waals surface area contributed by atoms with Gasteiger partial charge in [0, 0.05) is 43.5 Å². The van der Waals surface area contributed by atoms with E-state index in [1.54, 1.807) is 0 Å². The molecule has 0 N–H and O–H groups in total. The zero-order valence-corrected chi connectivity index (χ0v) is 17.3. The van der Waals surface area contributed by atoms with E-state index in [9.17, 15) is 4.79 Å². The highest BCUT2D eigenvalue weighted by molar-refractivity contribution is 6.07. The molecule has 0 spiro atoms. The van der Waals surface area contributed by atoms with Gasteiger partial charge in [-0.15, -0.1) is 0 Å². The van der Waals surface area contributed by atoms with Crippen LogP contribution in [0.5, 0.6) is 11.5 Å². The molecule has 1 aliphatic rings. The smallest absolute Gasteiger partial charge is 0.254 e. The predicted octanol–water partition coefficient (Wildman–Crippen LogP) is 5.59. The molecule has 0 saturated carbocycles. The third-order valence-electron chi connectivity index (χ3n) is 5.75. The standard InChI is InChI=1S/C27H24N2O2/c30-27(26-15-6-9-21-8-4-5-14-25(21)26)29-18-16-28(17-19-29)22-10-7-13-24(20-22)31-23-11-2-1-3-12-23/h1-15,20H,16-19H2. The average Bonchev–Trinajstić information content (AvgIpc) is 2.84. The van der Waals surface area contributed by atoms with Crippen LogP contribution in [0.25, 0.3) is 10.8 Å². The number of hydrogen-bond donors (Lipinski definition) is 0. The normalized spacial score (nSPS) is 13.9. The van der Waals surface area contributed by atoms with E-state index < -0.39 is 0 Å². The Hall–Kier alpha value is -3.79. The number of para-hydroxylation sites is 1. The minimum Gasteiger partial charge on any atom is -0.457 e. The van der Waals surface area contributed by atoms with E-state index in [1.807, 2.05) is 77.7 Å². The Morgan fingerprint density at radius 1 is 0.677 bits per heavy atom. The maximum Gasteiger partial charge on any atom is 0.254 e. The SMILES string of the molecule is O=C(c1cccc2ccccc12)N1CCN(c2cccc(Oc3ccccc3)c2)CC1. The molecule has 1 fully saturated rings. The third-order valence-corrected chi connectivity index (χ3v) is 5.75. The molecule has 4 heteroatoms. The zero-order valence-electron chi connectivity index (χ0n) is 17.3. The fourth-order valence-electron chi connectivity index (χ4n) is 4.12. The second kappa shape index (κ2) is 8.52. The van der Waals surface area contributed by atoms with Crippen LogP contribution < -0.4 is 9.64 Å². The molecule has 31 heavy (non-hydrogen) atoms. The molecule has 0 radical (unpaired) electrons. The van der Waals surface area contributed by atoms with Crippen molar-refractivity contribution >= 4 is 22.4 Å². The zero-order chi connectivity index (χ0) is 21.0. The average molecular weight is 409 g/mol. The second-order valence-electron chi connectivity index (χ2n) is 7.72. The Bertz CT molecular complexity index is 1190. The number of hydrogen-bond acceptors (Lipinski definition) is 3. The first-order valence-corrected chi connectivity index (χ1v) is 10.6. The number of amides is 1. The highest BCUT2D eigenvalue weighted by atomic mass is 16.5. The highest BCUT2D eigenvalue weighted by Crippen LogP contribution is 2.27. The molecule has 1 heterocycles. The Labute approximate surface area is 182 Å². The lowest BCUT2D eigenvalue weighted by Gasteiger charge is -2.36. The maximum atomic E-state index is 13.2. The van der Waals surface area contributed by atoms with Gasteiger partial charge in [0.05, 0.1) is 0 Å². The van der Waals surface area contributed by atoms with Gasteiger partial charge < -0.3 is 14.5 Å². The number of ether oxygens (including phenoxy) is 1. The summed E-state index contributed by atoms with van der Waals surface area (Å²) in [4.78, 5) is 17.5.